The molecule has 0 saturated heterocycles. The fourth-order valence-electron chi connectivity index (χ4n) is 2.15. The van der Waals surface area contributed by atoms with E-state index in [0.29, 0.717) is 12.0 Å². The van der Waals surface area contributed by atoms with E-state index >= 15 is 0 Å². The normalized spacial score (nSPS) is 12.8. The van der Waals surface area contributed by atoms with E-state index in [1.165, 1.54) is 5.56 Å². The van der Waals surface area contributed by atoms with Gasteiger partial charge in [0.1, 0.15) is 0 Å². The molecule has 2 rings (SSSR count). The summed E-state index contributed by atoms with van der Waals surface area (Å²) in [5.41, 5.74) is 2.26. The van der Waals surface area contributed by atoms with Crippen LogP contribution in [0.3, 0.4) is 0 Å². The summed E-state index contributed by atoms with van der Waals surface area (Å²) < 4.78 is 7.44. The quantitative estimate of drug-likeness (QED) is 0.811. The van der Waals surface area contributed by atoms with Crippen molar-refractivity contribution in [1.82, 2.24) is 15.1 Å². The second-order valence-electron chi connectivity index (χ2n) is 5.52. The van der Waals surface area contributed by atoms with Crippen molar-refractivity contribution < 1.29 is 4.74 Å². The van der Waals surface area contributed by atoms with Crippen LogP contribution >= 0.6 is 0 Å². The van der Waals surface area contributed by atoms with Gasteiger partial charge in [-0.2, -0.15) is 5.10 Å². The molecule has 0 aliphatic carbocycles. The van der Waals surface area contributed by atoms with Crippen molar-refractivity contribution in [3.63, 3.8) is 0 Å². The smallest absolute Gasteiger partial charge is 0.0645 e. The second kappa shape index (κ2) is 7.96. The highest BCUT2D eigenvalue weighted by molar-refractivity contribution is 5.30. The highest BCUT2D eigenvalue weighted by Gasteiger charge is 2.13. The van der Waals surface area contributed by atoms with Gasteiger partial charge in [0, 0.05) is 31.0 Å². The summed E-state index contributed by atoms with van der Waals surface area (Å²) in [6.45, 7) is 8.77. The summed E-state index contributed by atoms with van der Waals surface area (Å²) in [6.07, 6.45) is 3.98. The SMILES string of the molecule is CCOCC(NCc1cnn(-c2ccccc2)c1)C(C)C. The lowest BCUT2D eigenvalue weighted by molar-refractivity contribution is 0.108. The number of benzene rings is 1. The maximum atomic E-state index is 5.54. The van der Waals surface area contributed by atoms with E-state index in [9.17, 15) is 0 Å². The van der Waals surface area contributed by atoms with Crippen molar-refractivity contribution in [2.75, 3.05) is 13.2 Å². The molecule has 1 heterocycles. The predicted octanol–water partition coefficient (Wildman–Crippen LogP) is 3.02. The summed E-state index contributed by atoms with van der Waals surface area (Å²) in [5.74, 6) is 0.542. The maximum absolute atomic E-state index is 5.54. The van der Waals surface area contributed by atoms with Crippen LogP contribution in [-0.2, 0) is 11.3 Å². The minimum atomic E-state index is 0.366. The summed E-state index contributed by atoms with van der Waals surface area (Å²) >= 11 is 0. The Morgan fingerprint density at radius 1 is 1.24 bits per heavy atom. The molecule has 1 atom stereocenters. The van der Waals surface area contributed by atoms with E-state index in [0.717, 1.165) is 25.4 Å². The summed E-state index contributed by atoms with van der Waals surface area (Å²) in [4.78, 5) is 0. The molecule has 114 valence electrons. The molecule has 0 spiro atoms. The van der Waals surface area contributed by atoms with Crippen LogP contribution in [0.4, 0.5) is 0 Å². The Hall–Kier alpha value is -1.65. The molecule has 0 bridgehead atoms. The monoisotopic (exact) mass is 287 g/mol. The Balaban J connectivity index is 1.93. The Morgan fingerprint density at radius 3 is 2.67 bits per heavy atom. The molecule has 21 heavy (non-hydrogen) atoms. The molecule has 0 amide bonds. The van der Waals surface area contributed by atoms with Crippen molar-refractivity contribution in [2.24, 2.45) is 5.92 Å². The number of ether oxygens (including phenoxy) is 1. The molecule has 4 heteroatoms. The second-order valence-corrected chi connectivity index (χ2v) is 5.52. The van der Waals surface area contributed by atoms with Crippen molar-refractivity contribution in [3.05, 3.63) is 48.3 Å². The molecule has 1 aromatic carbocycles. The van der Waals surface area contributed by atoms with Gasteiger partial charge in [-0.1, -0.05) is 32.0 Å². The molecule has 1 unspecified atom stereocenters. The number of nitrogens with zero attached hydrogens (tertiary/aromatic N) is 2. The lowest BCUT2D eigenvalue weighted by atomic mass is 10.1. The van der Waals surface area contributed by atoms with E-state index in [1.54, 1.807) is 0 Å². The van der Waals surface area contributed by atoms with E-state index in [2.05, 4.69) is 42.6 Å². The molecular weight excluding hydrogens is 262 g/mol. The molecule has 0 aliphatic rings. The zero-order chi connectivity index (χ0) is 15.1. The van der Waals surface area contributed by atoms with Crippen LogP contribution in [0, 0.1) is 5.92 Å². The fraction of sp³-hybridized carbons (Fsp3) is 0.471. The van der Waals surface area contributed by atoms with Crippen LogP contribution in [0.2, 0.25) is 0 Å². The summed E-state index contributed by atoms with van der Waals surface area (Å²) in [7, 11) is 0. The van der Waals surface area contributed by atoms with Crippen LogP contribution in [0.5, 0.6) is 0 Å². The first-order chi connectivity index (χ1) is 10.2. The first-order valence-corrected chi connectivity index (χ1v) is 7.60. The zero-order valence-electron chi connectivity index (χ0n) is 13.1. The molecule has 1 aromatic heterocycles. The highest BCUT2D eigenvalue weighted by atomic mass is 16.5. The van der Waals surface area contributed by atoms with Gasteiger partial charge < -0.3 is 10.1 Å². The minimum absolute atomic E-state index is 0.366. The van der Waals surface area contributed by atoms with Gasteiger partial charge in [0.25, 0.3) is 0 Å². The van der Waals surface area contributed by atoms with Gasteiger partial charge in [0.15, 0.2) is 0 Å². The van der Waals surface area contributed by atoms with Gasteiger partial charge in [0.05, 0.1) is 18.5 Å². The largest absolute Gasteiger partial charge is 0.380 e. The molecule has 0 radical (unpaired) electrons. The third-order valence-electron chi connectivity index (χ3n) is 3.53. The molecule has 4 nitrogen and oxygen atoms in total. The van der Waals surface area contributed by atoms with Gasteiger partial charge in [-0.25, -0.2) is 4.68 Å². The lowest BCUT2D eigenvalue weighted by Crippen LogP contribution is -2.37. The molecule has 0 aliphatic heterocycles. The average molecular weight is 287 g/mol. The number of para-hydroxylation sites is 1. The maximum Gasteiger partial charge on any atom is 0.0645 e. The van der Waals surface area contributed by atoms with Crippen LogP contribution in [0.1, 0.15) is 26.3 Å². The Bertz CT molecular complexity index is 522. The molecule has 1 N–H and O–H groups in total. The molecular formula is C17H25N3O. The number of hydrogen-bond acceptors (Lipinski definition) is 3. The van der Waals surface area contributed by atoms with E-state index in [-0.39, 0.29) is 0 Å². The minimum Gasteiger partial charge on any atom is -0.380 e. The van der Waals surface area contributed by atoms with Gasteiger partial charge in [-0.15, -0.1) is 0 Å². The third kappa shape index (κ3) is 4.69. The van der Waals surface area contributed by atoms with Crippen LogP contribution in [0.15, 0.2) is 42.7 Å². The van der Waals surface area contributed by atoms with Crippen molar-refractivity contribution >= 4 is 0 Å². The van der Waals surface area contributed by atoms with E-state index < -0.39 is 0 Å². The van der Waals surface area contributed by atoms with Crippen LogP contribution in [0.25, 0.3) is 5.69 Å². The van der Waals surface area contributed by atoms with Crippen molar-refractivity contribution in [3.8, 4) is 5.69 Å². The van der Waals surface area contributed by atoms with Crippen LogP contribution < -0.4 is 5.32 Å². The van der Waals surface area contributed by atoms with E-state index in [4.69, 9.17) is 4.74 Å². The number of nitrogens with one attached hydrogen (secondary N) is 1. The van der Waals surface area contributed by atoms with Crippen molar-refractivity contribution in [1.29, 1.82) is 0 Å². The standard InChI is InChI=1S/C17H25N3O/c1-4-21-13-17(14(2)3)18-10-15-11-19-20(12-15)16-8-6-5-7-9-16/h5-9,11-12,14,17-18H,4,10,13H2,1-3H3. The lowest BCUT2D eigenvalue weighted by Gasteiger charge is -2.21. The predicted molar refractivity (Wildman–Crippen MR) is 85.5 cm³/mol. The molecule has 0 fully saturated rings. The van der Waals surface area contributed by atoms with Crippen LogP contribution in [-0.4, -0.2) is 29.0 Å². The van der Waals surface area contributed by atoms with E-state index in [1.807, 2.05) is 36.0 Å². The number of rotatable bonds is 8. The Kier molecular flexibility index (Phi) is 5.96. The summed E-state index contributed by atoms with van der Waals surface area (Å²) in [6, 6.07) is 10.5. The molecule has 2 aromatic rings. The highest BCUT2D eigenvalue weighted by Crippen LogP contribution is 2.09. The summed E-state index contributed by atoms with van der Waals surface area (Å²) in [5, 5.41) is 7.97. The average Bonchev–Trinajstić information content (AvgIpc) is 2.97. The van der Waals surface area contributed by atoms with Crippen molar-refractivity contribution in [2.45, 2.75) is 33.4 Å². The fourth-order valence-corrected chi connectivity index (χ4v) is 2.15. The first-order valence-electron chi connectivity index (χ1n) is 7.60. The van der Waals surface area contributed by atoms with Gasteiger partial charge in [-0.3, -0.25) is 0 Å². The topological polar surface area (TPSA) is 39.1 Å². The number of hydrogen-bond donors (Lipinski definition) is 1. The van der Waals surface area contributed by atoms with Gasteiger partial charge >= 0.3 is 0 Å². The number of aromatic nitrogens is 2. The van der Waals surface area contributed by atoms with Gasteiger partial charge in [-0.05, 0) is 25.0 Å². The van der Waals surface area contributed by atoms with Gasteiger partial charge in [0.2, 0.25) is 0 Å². The Labute approximate surface area is 127 Å². The Morgan fingerprint density at radius 2 is 2.00 bits per heavy atom. The zero-order valence-corrected chi connectivity index (χ0v) is 13.1. The third-order valence-corrected chi connectivity index (χ3v) is 3.53. The first kappa shape index (κ1) is 15.7. The molecule has 0 saturated carbocycles.